The third-order valence-electron chi connectivity index (χ3n) is 0.498. The van der Waals surface area contributed by atoms with Gasteiger partial charge in [0.2, 0.25) is 0 Å². The highest BCUT2D eigenvalue weighted by Gasteiger charge is 2.04. The summed E-state index contributed by atoms with van der Waals surface area (Å²) in [6.07, 6.45) is -0.218. The van der Waals surface area contributed by atoms with Crippen molar-refractivity contribution in [2.45, 2.75) is 6.17 Å². The molecular formula is C2H5N3O. The van der Waals surface area contributed by atoms with Crippen molar-refractivity contribution in [2.75, 3.05) is 6.61 Å². The van der Waals surface area contributed by atoms with Crippen LogP contribution in [0.2, 0.25) is 0 Å². The highest BCUT2D eigenvalue weighted by molar-refractivity contribution is 4.52. The molecule has 0 aromatic carbocycles. The molecule has 0 aromatic rings. The molecule has 0 bridgehead atoms. The van der Waals surface area contributed by atoms with E-state index < -0.39 is 0 Å². The van der Waals surface area contributed by atoms with Crippen molar-refractivity contribution >= 4 is 0 Å². The zero-order valence-electron chi connectivity index (χ0n) is 3.16. The lowest BCUT2D eigenvalue weighted by molar-refractivity contribution is 0.165. The van der Waals surface area contributed by atoms with E-state index in [2.05, 4.69) is 15.2 Å². The van der Waals surface area contributed by atoms with Crippen LogP contribution in [0.25, 0.3) is 0 Å². The molecule has 1 heterocycles. The molecule has 4 nitrogen and oxygen atoms in total. The van der Waals surface area contributed by atoms with Crippen LogP contribution in [0.4, 0.5) is 0 Å². The summed E-state index contributed by atoms with van der Waals surface area (Å²) in [4.78, 5) is 4.39. The zero-order chi connectivity index (χ0) is 4.41. The number of hydrogen-bond donors (Lipinski definition) is 1. The van der Waals surface area contributed by atoms with Crippen LogP contribution in [-0.4, -0.2) is 12.8 Å². The fourth-order valence-corrected chi connectivity index (χ4v) is 0.237. The van der Waals surface area contributed by atoms with Gasteiger partial charge in [-0.15, -0.1) is 5.11 Å². The minimum Gasteiger partial charge on any atom is -0.376 e. The van der Waals surface area contributed by atoms with Crippen molar-refractivity contribution in [1.82, 2.24) is 0 Å². The summed E-state index contributed by atoms with van der Waals surface area (Å²) in [7, 11) is 0. The molecule has 1 aliphatic rings. The van der Waals surface area contributed by atoms with Gasteiger partial charge in [-0.3, -0.25) is 0 Å². The molecule has 0 spiro atoms. The lowest BCUT2D eigenvalue weighted by Gasteiger charge is -1.85. The van der Waals surface area contributed by atoms with E-state index in [0.29, 0.717) is 6.61 Å². The van der Waals surface area contributed by atoms with E-state index in [0.717, 1.165) is 0 Å². The summed E-state index contributed by atoms with van der Waals surface area (Å²) in [6, 6.07) is 0. The quantitative estimate of drug-likeness (QED) is 0.439. The first-order chi connectivity index (χ1) is 2.89. The molecule has 1 aliphatic heterocycles. The molecule has 0 amide bonds. The summed E-state index contributed by atoms with van der Waals surface area (Å²) >= 11 is 0. The molecule has 0 aromatic heterocycles. The van der Waals surface area contributed by atoms with Crippen LogP contribution < -0.4 is 5.73 Å². The highest BCUT2D eigenvalue weighted by atomic mass is 16.7. The average molecular weight is 87.1 g/mol. The zero-order valence-corrected chi connectivity index (χ0v) is 3.16. The van der Waals surface area contributed by atoms with Crippen molar-refractivity contribution < 1.29 is 4.84 Å². The summed E-state index contributed by atoms with van der Waals surface area (Å²) in [6.45, 7) is 0.431. The van der Waals surface area contributed by atoms with Gasteiger partial charge in [0.15, 0.2) is 12.8 Å². The Morgan fingerprint density at radius 1 is 1.83 bits per heavy atom. The first-order valence-electron chi connectivity index (χ1n) is 1.67. The summed E-state index contributed by atoms with van der Waals surface area (Å²) < 4.78 is 0. The van der Waals surface area contributed by atoms with Crippen LogP contribution in [0.5, 0.6) is 0 Å². The maximum Gasteiger partial charge on any atom is 0.159 e. The van der Waals surface area contributed by atoms with Gasteiger partial charge in [-0.2, -0.15) is 0 Å². The largest absolute Gasteiger partial charge is 0.376 e. The molecule has 1 unspecified atom stereocenters. The van der Waals surface area contributed by atoms with Gasteiger partial charge >= 0.3 is 0 Å². The Morgan fingerprint density at radius 3 is 2.83 bits per heavy atom. The van der Waals surface area contributed by atoms with Crippen molar-refractivity contribution in [2.24, 2.45) is 16.1 Å². The van der Waals surface area contributed by atoms with Crippen LogP contribution in [0.1, 0.15) is 0 Å². The number of nitrogens with two attached hydrogens (primary N) is 1. The molecule has 0 aliphatic carbocycles. The highest BCUT2D eigenvalue weighted by Crippen LogP contribution is 1.94. The van der Waals surface area contributed by atoms with Gasteiger partial charge in [0, 0.05) is 5.28 Å². The predicted molar refractivity (Wildman–Crippen MR) is 18.8 cm³/mol. The number of hydrogen-bond acceptors (Lipinski definition) is 4. The van der Waals surface area contributed by atoms with E-state index in [1.807, 2.05) is 0 Å². The fourth-order valence-electron chi connectivity index (χ4n) is 0.237. The first-order valence-corrected chi connectivity index (χ1v) is 1.67. The summed E-state index contributed by atoms with van der Waals surface area (Å²) in [5.41, 5.74) is 5.15. The Hall–Kier alpha value is -0.640. The molecule has 0 fully saturated rings. The van der Waals surface area contributed by atoms with Gasteiger partial charge in [-0.05, 0) is 0 Å². The Labute approximate surface area is 35.0 Å². The second kappa shape index (κ2) is 1.22. The molecular weight excluding hydrogens is 82.0 g/mol. The minimum atomic E-state index is -0.218. The molecule has 0 saturated heterocycles. The van der Waals surface area contributed by atoms with Crippen LogP contribution >= 0.6 is 0 Å². The lowest BCUT2D eigenvalue weighted by Crippen LogP contribution is -2.17. The first kappa shape index (κ1) is 3.55. The van der Waals surface area contributed by atoms with E-state index in [-0.39, 0.29) is 6.17 Å². The summed E-state index contributed by atoms with van der Waals surface area (Å²) in [5, 5.41) is 6.58. The Balaban J connectivity index is 2.38. The third-order valence-corrected chi connectivity index (χ3v) is 0.498. The molecule has 1 rings (SSSR count). The van der Waals surface area contributed by atoms with E-state index in [4.69, 9.17) is 5.73 Å². The maximum absolute atomic E-state index is 5.15. The van der Waals surface area contributed by atoms with Gasteiger partial charge < -0.3 is 10.6 Å². The number of nitrogens with zero attached hydrogens (tertiary/aromatic N) is 2. The van der Waals surface area contributed by atoms with Gasteiger partial charge in [0.25, 0.3) is 0 Å². The van der Waals surface area contributed by atoms with E-state index in [1.54, 1.807) is 0 Å². The van der Waals surface area contributed by atoms with Crippen molar-refractivity contribution in [1.29, 1.82) is 0 Å². The maximum atomic E-state index is 5.15. The molecule has 0 saturated carbocycles. The minimum absolute atomic E-state index is 0.218. The molecule has 2 N–H and O–H groups in total. The third kappa shape index (κ3) is 0.463. The normalized spacial score (nSPS) is 30.5. The molecule has 1 atom stereocenters. The monoisotopic (exact) mass is 87.0 g/mol. The average Bonchev–Trinajstić information content (AvgIpc) is 1.86. The predicted octanol–water partition coefficient (Wildman–Crippen LogP) is -0.331. The second-order valence-corrected chi connectivity index (χ2v) is 1.06. The SMILES string of the molecule is NC1CON=N1. The van der Waals surface area contributed by atoms with Crippen LogP contribution in [0.15, 0.2) is 10.4 Å². The van der Waals surface area contributed by atoms with Gasteiger partial charge in [0.1, 0.15) is 0 Å². The van der Waals surface area contributed by atoms with E-state index in [1.165, 1.54) is 0 Å². The van der Waals surface area contributed by atoms with Gasteiger partial charge in [0.05, 0.1) is 0 Å². The molecule has 34 valence electrons. The van der Waals surface area contributed by atoms with E-state index >= 15 is 0 Å². The Kier molecular flexibility index (Phi) is 0.719. The molecule has 0 radical (unpaired) electrons. The fraction of sp³-hybridized carbons (Fsp3) is 1.00. The standard InChI is InChI=1S/C2H5N3O/c3-2-1-6-5-4-2/h2H,1,3H2. The Morgan fingerprint density at radius 2 is 2.67 bits per heavy atom. The van der Waals surface area contributed by atoms with Crippen LogP contribution in [-0.2, 0) is 4.84 Å². The van der Waals surface area contributed by atoms with Crippen molar-refractivity contribution in [3.8, 4) is 0 Å². The topological polar surface area (TPSA) is 60.0 Å². The smallest absolute Gasteiger partial charge is 0.159 e. The lowest BCUT2D eigenvalue weighted by atomic mass is 10.6. The molecule has 6 heavy (non-hydrogen) atoms. The van der Waals surface area contributed by atoms with E-state index in [9.17, 15) is 0 Å². The van der Waals surface area contributed by atoms with Gasteiger partial charge in [-0.1, -0.05) is 0 Å². The van der Waals surface area contributed by atoms with Crippen LogP contribution in [0, 0.1) is 0 Å². The van der Waals surface area contributed by atoms with Crippen molar-refractivity contribution in [3.63, 3.8) is 0 Å². The number of rotatable bonds is 0. The van der Waals surface area contributed by atoms with Crippen molar-refractivity contribution in [3.05, 3.63) is 0 Å². The second-order valence-electron chi connectivity index (χ2n) is 1.06. The molecule has 4 heteroatoms. The van der Waals surface area contributed by atoms with Crippen LogP contribution in [0.3, 0.4) is 0 Å². The van der Waals surface area contributed by atoms with Gasteiger partial charge in [-0.25, -0.2) is 0 Å². The summed E-state index contributed by atoms with van der Waals surface area (Å²) in [5.74, 6) is 0. The Bertz CT molecular complexity index is 71.2.